The molecule has 3 rings (SSSR count). The molecular weight excluding hydrogens is 380 g/mol. The molecule has 1 aliphatic heterocycles. The Balaban J connectivity index is 1.51. The summed E-state index contributed by atoms with van der Waals surface area (Å²) in [6.45, 7) is 1.66. The Morgan fingerprint density at radius 1 is 1.18 bits per heavy atom. The van der Waals surface area contributed by atoms with Gasteiger partial charge in [0.05, 0.1) is 22.7 Å². The Morgan fingerprint density at radius 2 is 1.86 bits per heavy atom. The maximum atomic E-state index is 12.3. The van der Waals surface area contributed by atoms with Crippen LogP contribution < -0.4 is 10.2 Å². The van der Waals surface area contributed by atoms with Crippen LogP contribution in [0.5, 0.6) is 0 Å². The maximum absolute atomic E-state index is 12.3. The number of nitrogens with zero attached hydrogens (tertiary/aromatic N) is 1. The molecule has 2 aromatic carbocycles. The predicted molar refractivity (Wildman–Crippen MR) is 106 cm³/mol. The number of amides is 2. The average Bonchev–Trinajstić information content (AvgIpc) is 3.08. The van der Waals surface area contributed by atoms with Gasteiger partial charge >= 0.3 is 5.97 Å². The highest BCUT2D eigenvalue weighted by Crippen LogP contribution is 2.31. The number of carbonyl (C=O) groups excluding carboxylic acids is 3. The Bertz CT molecular complexity index is 872. The lowest BCUT2D eigenvalue weighted by molar-refractivity contribution is -0.152. The smallest absolute Gasteiger partial charge is 0.311 e. The molecule has 1 saturated heterocycles. The van der Waals surface area contributed by atoms with Gasteiger partial charge in [-0.2, -0.15) is 0 Å². The monoisotopic (exact) mass is 400 g/mol. The second kappa shape index (κ2) is 8.89. The van der Waals surface area contributed by atoms with Crippen molar-refractivity contribution in [3.05, 3.63) is 65.2 Å². The van der Waals surface area contributed by atoms with Crippen LogP contribution in [0.3, 0.4) is 0 Å². The molecule has 0 radical (unpaired) electrons. The second-order valence-electron chi connectivity index (χ2n) is 6.66. The second-order valence-corrected chi connectivity index (χ2v) is 7.07. The zero-order valence-corrected chi connectivity index (χ0v) is 16.2. The third kappa shape index (κ3) is 4.70. The number of hydrogen-bond acceptors (Lipinski definition) is 4. The molecule has 0 aliphatic carbocycles. The molecule has 0 unspecified atom stereocenters. The zero-order chi connectivity index (χ0) is 20.1. The number of ether oxygens (including phenoxy) is 1. The normalized spacial score (nSPS) is 17.3. The summed E-state index contributed by atoms with van der Waals surface area (Å²) in [5.74, 6) is -1.78. The van der Waals surface area contributed by atoms with Gasteiger partial charge in [-0.15, -0.1) is 0 Å². The van der Waals surface area contributed by atoms with Crippen molar-refractivity contribution in [3.63, 3.8) is 0 Å². The molecule has 28 heavy (non-hydrogen) atoms. The van der Waals surface area contributed by atoms with Gasteiger partial charge in [0.15, 0.2) is 6.61 Å². The first-order chi connectivity index (χ1) is 13.5. The molecule has 2 aromatic rings. The van der Waals surface area contributed by atoms with E-state index in [4.69, 9.17) is 16.3 Å². The van der Waals surface area contributed by atoms with Gasteiger partial charge in [-0.3, -0.25) is 14.4 Å². The Kier molecular flexibility index (Phi) is 6.31. The molecule has 0 bridgehead atoms. The molecule has 1 heterocycles. The van der Waals surface area contributed by atoms with E-state index >= 15 is 0 Å². The zero-order valence-electron chi connectivity index (χ0n) is 15.4. The van der Waals surface area contributed by atoms with E-state index < -0.39 is 17.8 Å². The minimum atomic E-state index is -0.622. The SMILES string of the molecule is C[C@@H](NC(=O)COC(=O)[C@@H]1CC(=O)N(c2ccccc2Cl)C1)c1ccccc1. The molecular formula is C21H21ClN2O4. The Hall–Kier alpha value is -2.86. The number of anilines is 1. The van der Waals surface area contributed by atoms with E-state index in [-0.39, 0.29) is 31.5 Å². The average molecular weight is 401 g/mol. The molecule has 2 amide bonds. The lowest BCUT2D eigenvalue weighted by atomic mass is 10.1. The van der Waals surface area contributed by atoms with Crippen LogP contribution in [0, 0.1) is 5.92 Å². The first kappa shape index (κ1) is 19.9. The number of hydrogen-bond donors (Lipinski definition) is 1. The summed E-state index contributed by atoms with van der Waals surface area (Å²) in [4.78, 5) is 38.1. The minimum absolute atomic E-state index is 0.0338. The fourth-order valence-electron chi connectivity index (χ4n) is 3.13. The van der Waals surface area contributed by atoms with E-state index in [1.165, 1.54) is 4.90 Å². The Morgan fingerprint density at radius 3 is 2.57 bits per heavy atom. The van der Waals surface area contributed by atoms with E-state index in [1.54, 1.807) is 24.3 Å². The van der Waals surface area contributed by atoms with Gasteiger partial charge in [0.25, 0.3) is 5.91 Å². The van der Waals surface area contributed by atoms with E-state index in [0.717, 1.165) is 5.56 Å². The number of rotatable bonds is 6. The van der Waals surface area contributed by atoms with Crippen LogP contribution in [-0.4, -0.2) is 30.9 Å². The molecule has 146 valence electrons. The summed E-state index contributed by atoms with van der Waals surface area (Å²) in [7, 11) is 0. The van der Waals surface area contributed by atoms with Crippen molar-refractivity contribution in [2.75, 3.05) is 18.1 Å². The van der Waals surface area contributed by atoms with Gasteiger partial charge in [-0.25, -0.2) is 0 Å². The minimum Gasteiger partial charge on any atom is -0.455 e. The Labute approximate surface area is 168 Å². The fraction of sp³-hybridized carbons (Fsp3) is 0.286. The van der Waals surface area contributed by atoms with Crippen LogP contribution in [0.2, 0.25) is 5.02 Å². The summed E-state index contributed by atoms with van der Waals surface area (Å²) < 4.78 is 5.12. The topological polar surface area (TPSA) is 75.7 Å². The van der Waals surface area contributed by atoms with Gasteiger partial charge < -0.3 is 15.0 Å². The van der Waals surface area contributed by atoms with Crippen LogP contribution in [-0.2, 0) is 19.1 Å². The first-order valence-electron chi connectivity index (χ1n) is 9.01. The van der Waals surface area contributed by atoms with Crippen molar-refractivity contribution in [2.24, 2.45) is 5.92 Å². The molecule has 6 nitrogen and oxygen atoms in total. The lowest BCUT2D eigenvalue weighted by Gasteiger charge is -2.18. The van der Waals surface area contributed by atoms with E-state index in [1.807, 2.05) is 37.3 Å². The van der Waals surface area contributed by atoms with Crippen molar-refractivity contribution in [3.8, 4) is 0 Å². The molecule has 0 saturated carbocycles. The molecule has 0 spiro atoms. The number of para-hydroxylation sites is 1. The van der Waals surface area contributed by atoms with Gasteiger partial charge in [-0.05, 0) is 24.6 Å². The van der Waals surface area contributed by atoms with Crippen LogP contribution >= 0.6 is 11.6 Å². The van der Waals surface area contributed by atoms with Crippen molar-refractivity contribution < 1.29 is 19.1 Å². The quantitative estimate of drug-likeness (QED) is 0.756. The van der Waals surface area contributed by atoms with Crippen LogP contribution in [0.1, 0.15) is 24.9 Å². The van der Waals surface area contributed by atoms with Crippen molar-refractivity contribution >= 4 is 35.1 Å². The van der Waals surface area contributed by atoms with Crippen LogP contribution in [0.4, 0.5) is 5.69 Å². The van der Waals surface area contributed by atoms with Crippen molar-refractivity contribution in [1.29, 1.82) is 0 Å². The highest BCUT2D eigenvalue weighted by Gasteiger charge is 2.37. The van der Waals surface area contributed by atoms with Crippen molar-refractivity contribution in [1.82, 2.24) is 5.32 Å². The largest absolute Gasteiger partial charge is 0.455 e. The van der Waals surface area contributed by atoms with Crippen LogP contribution in [0.15, 0.2) is 54.6 Å². The lowest BCUT2D eigenvalue weighted by Crippen LogP contribution is -2.32. The van der Waals surface area contributed by atoms with Gasteiger partial charge in [0, 0.05) is 13.0 Å². The standard InChI is InChI=1S/C21H21ClN2O4/c1-14(15-7-3-2-4-8-15)23-19(25)13-28-21(27)16-11-20(26)24(12-16)18-10-6-5-9-17(18)22/h2-10,14,16H,11-13H2,1H3,(H,23,25)/t14-,16-/m1/s1. The van der Waals surface area contributed by atoms with E-state index in [2.05, 4.69) is 5.32 Å². The number of esters is 1. The molecule has 0 aromatic heterocycles. The summed E-state index contributed by atoms with van der Waals surface area (Å²) in [6, 6.07) is 16.3. The third-order valence-corrected chi connectivity index (χ3v) is 4.94. The maximum Gasteiger partial charge on any atom is 0.311 e. The molecule has 2 atom stereocenters. The van der Waals surface area contributed by atoms with E-state index in [9.17, 15) is 14.4 Å². The van der Waals surface area contributed by atoms with Gasteiger partial charge in [0.2, 0.25) is 5.91 Å². The predicted octanol–water partition coefficient (Wildman–Crippen LogP) is 3.11. The highest BCUT2D eigenvalue weighted by atomic mass is 35.5. The molecule has 1 N–H and O–H groups in total. The fourth-order valence-corrected chi connectivity index (χ4v) is 3.37. The van der Waals surface area contributed by atoms with Gasteiger partial charge in [0.1, 0.15) is 0 Å². The van der Waals surface area contributed by atoms with Gasteiger partial charge in [-0.1, -0.05) is 54.1 Å². The molecule has 7 heteroatoms. The van der Waals surface area contributed by atoms with Crippen molar-refractivity contribution in [2.45, 2.75) is 19.4 Å². The highest BCUT2D eigenvalue weighted by molar-refractivity contribution is 6.33. The summed E-state index contributed by atoms with van der Waals surface area (Å²) in [5, 5.41) is 3.23. The first-order valence-corrected chi connectivity index (χ1v) is 9.39. The third-order valence-electron chi connectivity index (χ3n) is 4.62. The molecule has 1 aliphatic rings. The number of halogens is 1. The van der Waals surface area contributed by atoms with Crippen LogP contribution in [0.25, 0.3) is 0 Å². The molecule has 1 fully saturated rings. The summed E-state index contributed by atoms with van der Waals surface area (Å²) in [5.41, 5.74) is 1.53. The number of benzene rings is 2. The summed E-state index contributed by atoms with van der Waals surface area (Å²) >= 11 is 6.14. The number of carbonyl (C=O) groups is 3. The summed E-state index contributed by atoms with van der Waals surface area (Å²) in [6.07, 6.45) is 0.0338. The number of nitrogens with one attached hydrogen (secondary N) is 1. The van der Waals surface area contributed by atoms with E-state index in [0.29, 0.717) is 10.7 Å².